The zero-order chi connectivity index (χ0) is 14.7. The van der Waals surface area contributed by atoms with Crippen molar-refractivity contribution in [2.45, 2.75) is 63.9 Å². The lowest BCUT2D eigenvalue weighted by molar-refractivity contribution is 0.0499. The van der Waals surface area contributed by atoms with Crippen LogP contribution in [0.1, 0.15) is 52.9 Å². The van der Waals surface area contributed by atoms with Gasteiger partial charge in [-0.25, -0.2) is 4.79 Å². The number of carbonyl (C=O) groups excluding carboxylic acids is 1. The molecule has 0 aromatic rings. The van der Waals surface area contributed by atoms with E-state index in [0.29, 0.717) is 12.8 Å². The van der Waals surface area contributed by atoms with Gasteiger partial charge < -0.3 is 10.1 Å². The van der Waals surface area contributed by atoms with Crippen LogP contribution in [0.15, 0.2) is 0 Å². The summed E-state index contributed by atoms with van der Waals surface area (Å²) >= 11 is 0. The van der Waals surface area contributed by atoms with Gasteiger partial charge in [0.15, 0.2) is 5.37 Å². The van der Waals surface area contributed by atoms with Gasteiger partial charge in [-0.2, -0.15) is 8.42 Å². The molecule has 1 amide bonds. The van der Waals surface area contributed by atoms with Gasteiger partial charge in [-0.15, -0.1) is 0 Å². The fourth-order valence-electron chi connectivity index (χ4n) is 2.30. The number of carbonyl (C=O) groups is 1. The minimum atomic E-state index is -4.33. The summed E-state index contributed by atoms with van der Waals surface area (Å²) < 4.78 is 37.1. The van der Waals surface area contributed by atoms with Gasteiger partial charge in [-0.3, -0.25) is 4.55 Å². The Morgan fingerprint density at radius 3 is 2.21 bits per heavy atom. The lowest BCUT2D eigenvalue weighted by Crippen LogP contribution is -2.47. The minimum Gasteiger partial charge on any atom is -0.444 e. The standard InChI is InChI=1S/C12H23NO5S/c1-12(2,3)18-11(14)13-10(19(15,16)17)9-7-5-4-6-8-9/h9-10H,4-8H2,1-3H3,(H,13,14)(H,15,16,17). The number of nitrogens with one attached hydrogen (secondary N) is 1. The molecule has 1 unspecified atom stereocenters. The number of alkyl carbamates (subject to hydrolysis) is 1. The van der Waals surface area contributed by atoms with E-state index in [1.54, 1.807) is 20.8 Å². The molecule has 0 aromatic carbocycles. The van der Waals surface area contributed by atoms with Crippen molar-refractivity contribution in [3.05, 3.63) is 0 Å². The number of hydrogen-bond acceptors (Lipinski definition) is 4. The molecule has 19 heavy (non-hydrogen) atoms. The van der Waals surface area contributed by atoms with Gasteiger partial charge in [0, 0.05) is 0 Å². The fraction of sp³-hybridized carbons (Fsp3) is 0.917. The Balaban J connectivity index is 2.73. The zero-order valence-electron chi connectivity index (χ0n) is 11.7. The molecule has 112 valence electrons. The van der Waals surface area contributed by atoms with Gasteiger partial charge in [-0.1, -0.05) is 19.3 Å². The quantitative estimate of drug-likeness (QED) is 0.779. The van der Waals surface area contributed by atoms with Crippen molar-refractivity contribution >= 4 is 16.2 Å². The third-order valence-corrected chi connectivity index (χ3v) is 4.20. The monoisotopic (exact) mass is 293 g/mol. The predicted molar refractivity (Wildman–Crippen MR) is 71.3 cm³/mol. The summed E-state index contributed by atoms with van der Waals surface area (Å²) in [5, 5.41) is 1.01. The molecule has 1 saturated carbocycles. The largest absolute Gasteiger partial charge is 0.444 e. The molecular weight excluding hydrogens is 270 g/mol. The fourth-order valence-corrected chi connectivity index (χ4v) is 3.30. The summed E-state index contributed by atoms with van der Waals surface area (Å²) in [6, 6.07) is 0. The molecule has 0 aromatic heterocycles. The van der Waals surface area contributed by atoms with Crippen molar-refractivity contribution in [3.8, 4) is 0 Å². The van der Waals surface area contributed by atoms with Crippen LogP contribution < -0.4 is 5.32 Å². The van der Waals surface area contributed by atoms with Crippen LogP contribution in [0.5, 0.6) is 0 Å². The third kappa shape index (κ3) is 5.78. The molecule has 6 nitrogen and oxygen atoms in total. The van der Waals surface area contributed by atoms with Gasteiger partial charge in [0.2, 0.25) is 0 Å². The van der Waals surface area contributed by atoms with E-state index < -0.39 is 27.2 Å². The molecule has 0 bridgehead atoms. The van der Waals surface area contributed by atoms with E-state index in [9.17, 15) is 17.8 Å². The summed E-state index contributed by atoms with van der Waals surface area (Å²) in [4.78, 5) is 11.6. The highest BCUT2D eigenvalue weighted by Gasteiger charge is 2.35. The van der Waals surface area contributed by atoms with Crippen LogP contribution in [0, 0.1) is 5.92 Å². The van der Waals surface area contributed by atoms with Crippen LogP contribution >= 0.6 is 0 Å². The summed E-state index contributed by atoms with van der Waals surface area (Å²) in [6.07, 6.45) is 3.42. The molecular formula is C12H23NO5S. The second kappa shape index (κ2) is 6.09. The molecule has 0 spiro atoms. The van der Waals surface area contributed by atoms with Gasteiger partial charge >= 0.3 is 6.09 Å². The van der Waals surface area contributed by atoms with Crippen molar-refractivity contribution in [1.29, 1.82) is 0 Å². The normalized spacial score (nSPS) is 19.8. The maximum Gasteiger partial charge on any atom is 0.408 e. The molecule has 1 aliphatic rings. The summed E-state index contributed by atoms with van der Waals surface area (Å²) in [7, 11) is -4.33. The van der Waals surface area contributed by atoms with Crippen LogP contribution in [0.25, 0.3) is 0 Å². The number of amides is 1. The van der Waals surface area contributed by atoms with Crippen molar-refractivity contribution in [2.75, 3.05) is 0 Å². The Morgan fingerprint density at radius 1 is 1.26 bits per heavy atom. The van der Waals surface area contributed by atoms with Crippen LogP contribution in [0.4, 0.5) is 4.79 Å². The first-order valence-corrected chi connectivity index (χ1v) is 8.06. The Bertz CT molecular complexity index is 406. The molecule has 0 aliphatic heterocycles. The predicted octanol–water partition coefficient (Wildman–Crippen LogP) is 2.31. The lowest BCUT2D eigenvalue weighted by Gasteiger charge is -2.29. The van der Waals surface area contributed by atoms with Gasteiger partial charge in [-0.05, 0) is 39.5 Å². The van der Waals surface area contributed by atoms with Crippen molar-refractivity contribution in [2.24, 2.45) is 5.92 Å². The average molecular weight is 293 g/mol. The Kier molecular flexibility index (Phi) is 5.20. The Labute approximate surface area is 114 Å². The number of rotatable bonds is 3. The summed E-state index contributed by atoms with van der Waals surface area (Å²) in [5.74, 6) is -0.253. The van der Waals surface area contributed by atoms with Crippen LogP contribution in [0.3, 0.4) is 0 Å². The van der Waals surface area contributed by atoms with Crippen LogP contribution in [-0.4, -0.2) is 30.0 Å². The van der Waals surface area contributed by atoms with Crippen LogP contribution in [-0.2, 0) is 14.9 Å². The SMILES string of the molecule is CC(C)(C)OC(=O)NC(C1CCCCC1)S(=O)(=O)O. The van der Waals surface area contributed by atoms with Crippen molar-refractivity contribution < 1.29 is 22.5 Å². The van der Waals surface area contributed by atoms with Gasteiger partial charge in [0.25, 0.3) is 10.1 Å². The van der Waals surface area contributed by atoms with Gasteiger partial charge in [0.1, 0.15) is 5.60 Å². The van der Waals surface area contributed by atoms with E-state index in [1.807, 2.05) is 0 Å². The van der Waals surface area contributed by atoms with Gasteiger partial charge in [0.05, 0.1) is 0 Å². The van der Waals surface area contributed by atoms with Crippen molar-refractivity contribution in [1.82, 2.24) is 5.32 Å². The molecule has 0 radical (unpaired) electrons. The van der Waals surface area contributed by atoms with E-state index in [0.717, 1.165) is 19.3 Å². The highest BCUT2D eigenvalue weighted by molar-refractivity contribution is 7.86. The van der Waals surface area contributed by atoms with Crippen LogP contribution in [0.2, 0.25) is 0 Å². The topological polar surface area (TPSA) is 92.7 Å². The zero-order valence-corrected chi connectivity index (χ0v) is 12.5. The van der Waals surface area contributed by atoms with E-state index in [4.69, 9.17) is 4.74 Å². The molecule has 1 fully saturated rings. The third-order valence-electron chi connectivity index (χ3n) is 3.06. The Morgan fingerprint density at radius 2 is 1.79 bits per heavy atom. The van der Waals surface area contributed by atoms with E-state index in [-0.39, 0.29) is 5.92 Å². The number of hydrogen-bond donors (Lipinski definition) is 2. The van der Waals surface area contributed by atoms with E-state index in [2.05, 4.69) is 5.32 Å². The number of ether oxygens (including phenoxy) is 1. The maximum atomic E-state index is 11.6. The van der Waals surface area contributed by atoms with E-state index >= 15 is 0 Å². The lowest BCUT2D eigenvalue weighted by atomic mass is 9.89. The highest BCUT2D eigenvalue weighted by Crippen LogP contribution is 2.28. The second-order valence-electron chi connectivity index (χ2n) is 5.98. The minimum absolute atomic E-state index is 0.253. The van der Waals surface area contributed by atoms with Crippen molar-refractivity contribution in [3.63, 3.8) is 0 Å². The smallest absolute Gasteiger partial charge is 0.408 e. The second-order valence-corrected chi connectivity index (χ2v) is 7.52. The first kappa shape index (κ1) is 16.2. The summed E-state index contributed by atoms with van der Waals surface area (Å²) in [5.41, 5.74) is -0.708. The summed E-state index contributed by atoms with van der Waals surface area (Å²) in [6.45, 7) is 5.07. The highest BCUT2D eigenvalue weighted by atomic mass is 32.2. The first-order chi connectivity index (χ1) is 8.59. The Hall–Kier alpha value is -0.820. The molecule has 1 atom stereocenters. The molecule has 1 rings (SSSR count). The van der Waals surface area contributed by atoms with E-state index in [1.165, 1.54) is 0 Å². The molecule has 0 saturated heterocycles. The molecule has 1 aliphatic carbocycles. The molecule has 7 heteroatoms. The molecule has 0 heterocycles. The molecule has 2 N–H and O–H groups in total. The average Bonchev–Trinajstić information content (AvgIpc) is 2.23. The first-order valence-electron chi connectivity index (χ1n) is 6.55. The maximum absolute atomic E-state index is 11.6.